The van der Waals surface area contributed by atoms with Crippen molar-refractivity contribution in [3.8, 4) is 0 Å². The maximum absolute atomic E-state index is 12.6. The Morgan fingerprint density at radius 3 is 2.33 bits per heavy atom. The van der Waals surface area contributed by atoms with Crippen molar-refractivity contribution in [1.82, 2.24) is 16.0 Å². The van der Waals surface area contributed by atoms with E-state index in [1.807, 2.05) is 20.8 Å². The molecule has 3 N–H and O–H groups in total. The van der Waals surface area contributed by atoms with E-state index in [0.717, 1.165) is 25.9 Å². The fourth-order valence-electron chi connectivity index (χ4n) is 2.51. The first-order valence-electron chi connectivity index (χ1n) is 7.53. The number of piperidine rings is 1. The molecule has 1 fully saturated rings. The lowest BCUT2D eigenvalue weighted by Crippen LogP contribution is -2.56. The Kier molecular flexibility index (Phi) is 6.16. The van der Waals surface area contributed by atoms with Gasteiger partial charge in [-0.15, -0.1) is 0 Å². The molecule has 1 rings (SSSR count). The van der Waals surface area contributed by atoms with Crippen molar-refractivity contribution in [3.63, 3.8) is 0 Å². The van der Waals surface area contributed by atoms with Gasteiger partial charge in [-0.25, -0.2) is 0 Å². The topological polar surface area (TPSA) is 79.5 Å². The summed E-state index contributed by atoms with van der Waals surface area (Å²) in [5.74, 6) is -0.264. The summed E-state index contributed by atoms with van der Waals surface area (Å²) in [5, 5.41) is 8.96. The van der Waals surface area contributed by atoms with E-state index in [0.29, 0.717) is 6.61 Å². The first-order chi connectivity index (χ1) is 9.70. The lowest BCUT2D eigenvalue weighted by Gasteiger charge is -2.36. The van der Waals surface area contributed by atoms with E-state index < -0.39 is 11.5 Å². The van der Waals surface area contributed by atoms with Crippen LogP contribution in [0.25, 0.3) is 0 Å². The van der Waals surface area contributed by atoms with E-state index >= 15 is 0 Å². The van der Waals surface area contributed by atoms with Gasteiger partial charge in [0.05, 0.1) is 12.0 Å². The summed E-state index contributed by atoms with van der Waals surface area (Å²) in [6.07, 6.45) is 1.45. The van der Waals surface area contributed by atoms with Gasteiger partial charge in [0, 0.05) is 12.6 Å². The minimum Gasteiger partial charge on any atom is -0.384 e. The number of hydrogen-bond donors (Lipinski definition) is 3. The highest BCUT2D eigenvalue weighted by molar-refractivity contribution is 5.90. The molecular weight excluding hydrogens is 270 g/mol. The Hall–Kier alpha value is -1.14. The Morgan fingerprint density at radius 1 is 1.29 bits per heavy atom. The molecule has 0 aliphatic carbocycles. The Balaban J connectivity index is 2.66. The predicted molar refractivity (Wildman–Crippen MR) is 81.9 cm³/mol. The fourth-order valence-corrected chi connectivity index (χ4v) is 2.51. The Labute approximate surface area is 127 Å². The monoisotopic (exact) mass is 299 g/mol. The van der Waals surface area contributed by atoms with Crippen molar-refractivity contribution in [1.29, 1.82) is 0 Å². The average molecular weight is 299 g/mol. The smallest absolute Gasteiger partial charge is 0.242 e. The Bertz CT molecular complexity index is 365. The van der Waals surface area contributed by atoms with Crippen LogP contribution in [0.5, 0.6) is 0 Å². The lowest BCUT2D eigenvalue weighted by atomic mass is 9.78. The minimum absolute atomic E-state index is 0.0950. The standard InChI is InChI=1S/C15H29N3O3/c1-11(12(19)18-14(2,3)4)17-13(20)15(10-21-5)6-8-16-9-7-15/h11,16H,6-10H2,1-5H3,(H,17,20)(H,18,19). The van der Waals surface area contributed by atoms with Crippen LogP contribution >= 0.6 is 0 Å². The maximum Gasteiger partial charge on any atom is 0.242 e. The average Bonchev–Trinajstić information content (AvgIpc) is 2.38. The number of methoxy groups -OCH3 is 1. The molecule has 0 aromatic carbocycles. The second-order valence-corrected chi connectivity index (χ2v) is 6.90. The molecule has 0 aromatic heterocycles. The van der Waals surface area contributed by atoms with Crippen molar-refractivity contribution < 1.29 is 14.3 Å². The molecule has 0 bridgehead atoms. The van der Waals surface area contributed by atoms with Crippen LogP contribution in [-0.4, -0.2) is 50.2 Å². The van der Waals surface area contributed by atoms with Crippen LogP contribution in [0.1, 0.15) is 40.5 Å². The molecule has 1 aliphatic rings. The van der Waals surface area contributed by atoms with Gasteiger partial charge in [-0.3, -0.25) is 9.59 Å². The molecule has 2 amide bonds. The van der Waals surface area contributed by atoms with Crippen LogP contribution in [0.2, 0.25) is 0 Å². The SMILES string of the molecule is COCC1(C(=O)NC(C)C(=O)NC(C)(C)C)CCNCC1. The zero-order valence-electron chi connectivity index (χ0n) is 13.8. The van der Waals surface area contributed by atoms with Gasteiger partial charge in [-0.1, -0.05) is 0 Å². The van der Waals surface area contributed by atoms with E-state index in [1.165, 1.54) is 0 Å². The highest BCUT2D eigenvalue weighted by Crippen LogP contribution is 2.29. The molecule has 1 atom stereocenters. The minimum atomic E-state index is -0.555. The van der Waals surface area contributed by atoms with Crippen molar-refractivity contribution in [2.24, 2.45) is 5.41 Å². The van der Waals surface area contributed by atoms with Gasteiger partial charge < -0.3 is 20.7 Å². The van der Waals surface area contributed by atoms with Crippen molar-refractivity contribution in [2.75, 3.05) is 26.8 Å². The lowest BCUT2D eigenvalue weighted by molar-refractivity contribution is -0.139. The highest BCUT2D eigenvalue weighted by Gasteiger charge is 2.40. The quantitative estimate of drug-likeness (QED) is 0.687. The summed E-state index contributed by atoms with van der Waals surface area (Å²) in [6, 6.07) is -0.555. The molecule has 0 aromatic rings. The number of ether oxygens (including phenoxy) is 1. The summed E-state index contributed by atoms with van der Waals surface area (Å²) in [4.78, 5) is 24.7. The molecule has 6 nitrogen and oxygen atoms in total. The third-order valence-corrected chi connectivity index (χ3v) is 3.70. The summed E-state index contributed by atoms with van der Waals surface area (Å²) in [5.41, 5.74) is -0.842. The largest absolute Gasteiger partial charge is 0.384 e. The molecule has 0 saturated carbocycles. The number of rotatable bonds is 5. The number of amides is 2. The maximum atomic E-state index is 12.6. The number of carbonyl (C=O) groups excluding carboxylic acids is 2. The van der Waals surface area contributed by atoms with Crippen LogP contribution in [0.15, 0.2) is 0 Å². The van der Waals surface area contributed by atoms with E-state index in [2.05, 4.69) is 16.0 Å². The highest BCUT2D eigenvalue weighted by atomic mass is 16.5. The summed E-state index contributed by atoms with van der Waals surface area (Å²) >= 11 is 0. The van der Waals surface area contributed by atoms with E-state index in [9.17, 15) is 9.59 Å². The summed E-state index contributed by atoms with van der Waals surface area (Å²) < 4.78 is 5.24. The molecule has 1 unspecified atom stereocenters. The molecule has 1 heterocycles. The van der Waals surface area contributed by atoms with Gasteiger partial charge in [0.1, 0.15) is 6.04 Å². The van der Waals surface area contributed by atoms with Gasteiger partial charge in [0.25, 0.3) is 0 Å². The van der Waals surface area contributed by atoms with Gasteiger partial charge in [-0.05, 0) is 53.6 Å². The normalized spacial score (nSPS) is 19.7. The molecule has 6 heteroatoms. The van der Waals surface area contributed by atoms with Gasteiger partial charge in [-0.2, -0.15) is 0 Å². The number of carbonyl (C=O) groups is 2. The van der Waals surface area contributed by atoms with Crippen LogP contribution in [0.3, 0.4) is 0 Å². The third kappa shape index (κ3) is 5.28. The van der Waals surface area contributed by atoms with Crippen LogP contribution in [-0.2, 0) is 14.3 Å². The molecule has 1 aliphatic heterocycles. The first-order valence-corrected chi connectivity index (χ1v) is 7.53. The molecule has 0 radical (unpaired) electrons. The first kappa shape index (κ1) is 17.9. The van der Waals surface area contributed by atoms with Crippen LogP contribution in [0.4, 0.5) is 0 Å². The Morgan fingerprint density at radius 2 is 1.86 bits per heavy atom. The molecule has 122 valence electrons. The third-order valence-electron chi connectivity index (χ3n) is 3.70. The van der Waals surface area contributed by atoms with E-state index in [4.69, 9.17) is 4.74 Å². The van der Waals surface area contributed by atoms with Gasteiger partial charge in [0.2, 0.25) is 11.8 Å². The zero-order valence-corrected chi connectivity index (χ0v) is 13.8. The number of hydrogen-bond acceptors (Lipinski definition) is 4. The molecule has 1 saturated heterocycles. The molecule has 21 heavy (non-hydrogen) atoms. The number of nitrogens with one attached hydrogen (secondary N) is 3. The van der Waals surface area contributed by atoms with Crippen LogP contribution in [0, 0.1) is 5.41 Å². The van der Waals surface area contributed by atoms with Crippen LogP contribution < -0.4 is 16.0 Å². The van der Waals surface area contributed by atoms with Gasteiger partial charge in [0.15, 0.2) is 0 Å². The van der Waals surface area contributed by atoms with Crippen molar-refractivity contribution >= 4 is 11.8 Å². The molecular formula is C15H29N3O3. The summed E-state index contributed by atoms with van der Waals surface area (Å²) in [6.45, 7) is 9.42. The second kappa shape index (κ2) is 7.22. The fraction of sp³-hybridized carbons (Fsp3) is 0.867. The summed E-state index contributed by atoms with van der Waals surface area (Å²) in [7, 11) is 1.60. The zero-order chi connectivity index (χ0) is 16.1. The molecule has 0 spiro atoms. The predicted octanol–water partition coefficient (Wildman–Crippen LogP) is 0.422. The van der Waals surface area contributed by atoms with E-state index in [-0.39, 0.29) is 17.4 Å². The van der Waals surface area contributed by atoms with E-state index in [1.54, 1.807) is 14.0 Å². The van der Waals surface area contributed by atoms with Crippen molar-refractivity contribution in [3.05, 3.63) is 0 Å². The van der Waals surface area contributed by atoms with Crippen molar-refractivity contribution in [2.45, 2.75) is 52.1 Å². The van der Waals surface area contributed by atoms with Gasteiger partial charge >= 0.3 is 0 Å². The second-order valence-electron chi connectivity index (χ2n) is 6.90.